The minimum Gasteiger partial charge on any atom is -0.197 e. The van der Waals surface area contributed by atoms with Crippen LogP contribution in [-0.2, 0) is 0 Å². The van der Waals surface area contributed by atoms with Crippen molar-refractivity contribution in [2.45, 2.75) is 12.3 Å². The smallest absolute Gasteiger partial charge is 0.197 e. The van der Waals surface area contributed by atoms with E-state index in [2.05, 4.69) is 0 Å². The Labute approximate surface area is 46.5 Å². The standard InChI is InChI=1S/C6H6F2/c7-6(8)4-2-1-3-5-6/h2-5H,1H2. The van der Waals surface area contributed by atoms with Crippen molar-refractivity contribution in [1.29, 1.82) is 0 Å². The molecule has 0 radical (unpaired) electrons. The molecule has 0 bridgehead atoms. The first-order valence-corrected chi connectivity index (χ1v) is 2.44. The van der Waals surface area contributed by atoms with Gasteiger partial charge < -0.3 is 0 Å². The van der Waals surface area contributed by atoms with Crippen LogP contribution in [0.4, 0.5) is 8.78 Å². The Bertz CT molecular complexity index is 119. The molecule has 0 amide bonds. The van der Waals surface area contributed by atoms with Crippen molar-refractivity contribution < 1.29 is 8.78 Å². The molecule has 0 fully saturated rings. The van der Waals surface area contributed by atoms with Gasteiger partial charge in [0.25, 0.3) is 5.92 Å². The van der Waals surface area contributed by atoms with E-state index in [4.69, 9.17) is 0 Å². The maximum Gasteiger partial charge on any atom is 0.284 e. The molecule has 0 unspecified atom stereocenters. The third-order valence-corrected chi connectivity index (χ3v) is 0.952. The fraction of sp³-hybridized carbons (Fsp3) is 0.333. The van der Waals surface area contributed by atoms with Gasteiger partial charge in [-0.3, -0.25) is 0 Å². The molecular weight excluding hydrogens is 110 g/mol. The van der Waals surface area contributed by atoms with Crippen molar-refractivity contribution in [1.82, 2.24) is 0 Å². The van der Waals surface area contributed by atoms with Crippen LogP contribution >= 0.6 is 0 Å². The second-order valence-corrected chi connectivity index (χ2v) is 1.71. The van der Waals surface area contributed by atoms with Crippen LogP contribution in [0.5, 0.6) is 0 Å². The molecule has 44 valence electrons. The van der Waals surface area contributed by atoms with Crippen molar-refractivity contribution in [2.75, 3.05) is 0 Å². The maximum absolute atomic E-state index is 12.0. The van der Waals surface area contributed by atoms with Gasteiger partial charge in [0.1, 0.15) is 0 Å². The topological polar surface area (TPSA) is 0 Å². The van der Waals surface area contributed by atoms with Crippen LogP contribution in [0.3, 0.4) is 0 Å². The molecule has 0 spiro atoms. The molecule has 0 saturated carbocycles. The summed E-state index contributed by atoms with van der Waals surface area (Å²) in [6, 6.07) is 0. The lowest BCUT2D eigenvalue weighted by atomic mass is 10.2. The van der Waals surface area contributed by atoms with Gasteiger partial charge in [-0.1, -0.05) is 12.2 Å². The summed E-state index contributed by atoms with van der Waals surface area (Å²) in [4.78, 5) is 0. The molecule has 0 nitrogen and oxygen atoms in total. The Kier molecular flexibility index (Phi) is 1.16. The van der Waals surface area contributed by atoms with Gasteiger partial charge in [-0.05, 0) is 18.6 Å². The first kappa shape index (κ1) is 5.48. The highest BCUT2D eigenvalue weighted by Gasteiger charge is 2.20. The van der Waals surface area contributed by atoms with Crippen molar-refractivity contribution in [2.24, 2.45) is 0 Å². The van der Waals surface area contributed by atoms with E-state index in [1.807, 2.05) is 0 Å². The van der Waals surface area contributed by atoms with Crippen LogP contribution in [-0.4, -0.2) is 5.92 Å². The van der Waals surface area contributed by atoms with Crippen LogP contribution in [0.25, 0.3) is 0 Å². The molecule has 8 heavy (non-hydrogen) atoms. The fourth-order valence-corrected chi connectivity index (χ4v) is 0.584. The van der Waals surface area contributed by atoms with Crippen molar-refractivity contribution in [3.05, 3.63) is 24.3 Å². The van der Waals surface area contributed by atoms with E-state index in [1.54, 1.807) is 0 Å². The zero-order chi connectivity index (χ0) is 6.04. The zero-order valence-electron chi connectivity index (χ0n) is 4.27. The molecule has 1 aliphatic rings. The Morgan fingerprint density at radius 2 is 1.62 bits per heavy atom. The third-order valence-electron chi connectivity index (χ3n) is 0.952. The first-order chi connectivity index (χ1) is 3.71. The Hall–Kier alpha value is -0.660. The molecule has 1 rings (SSSR count). The summed E-state index contributed by atoms with van der Waals surface area (Å²) in [6.07, 6.45) is 5.37. The molecular formula is C6H6F2. The summed E-state index contributed by atoms with van der Waals surface area (Å²) in [6.45, 7) is 0. The molecule has 0 aromatic carbocycles. The van der Waals surface area contributed by atoms with Crippen LogP contribution in [0.15, 0.2) is 24.3 Å². The summed E-state index contributed by atoms with van der Waals surface area (Å²) in [5.41, 5.74) is 0. The third kappa shape index (κ3) is 1.15. The average molecular weight is 116 g/mol. The number of rotatable bonds is 0. The largest absolute Gasteiger partial charge is 0.284 e. The summed E-state index contributed by atoms with van der Waals surface area (Å²) in [7, 11) is 0. The second kappa shape index (κ2) is 1.69. The molecule has 0 atom stereocenters. The molecule has 0 saturated heterocycles. The number of allylic oxidation sites excluding steroid dienone is 4. The van der Waals surface area contributed by atoms with Gasteiger partial charge in [-0.2, -0.15) is 8.78 Å². The minimum absolute atomic E-state index is 0.635. The summed E-state index contributed by atoms with van der Waals surface area (Å²) in [5, 5.41) is 0. The van der Waals surface area contributed by atoms with E-state index in [9.17, 15) is 8.78 Å². The monoisotopic (exact) mass is 116 g/mol. The Balaban J connectivity index is 2.69. The maximum atomic E-state index is 12.0. The molecule has 1 aliphatic carbocycles. The van der Waals surface area contributed by atoms with E-state index in [0.29, 0.717) is 6.42 Å². The molecule has 0 N–H and O–H groups in total. The number of alkyl halides is 2. The van der Waals surface area contributed by atoms with Gasteiger partial charge in [0.2, 0.25) is 0 Å². The number of hydrogen-bond acceptors (Lipinski definition) is 0. The van der Waals surface area contributed by atoms with Gasteiger partial charge in [0, 0.05) is 0 Å². The number of halogens is 2. The summed E-state index contributed by atoms with van der Waals surface area (Å²) >= 11 is 0. The lowest BCUT2D eigenvalue weighted by molar-refractivity contribution is 0.109. The second-order valence-electron chi connectivity index (χ2n) is 1.71. The molecule has 0 aromatic rings. The van der Waals surface area contributed by atoms with Gasteiger partial charge in [-0.15, -0.1) is 0 Å². The lowest BCUT2D eigenvalue weighted by Crippen LogP contribution is -2.08. The molecule has 0 aliphatic heterocycles. The summed E-state index contributed by atoms with van der Waals surface area (Å²) < 4.78 is 24.1. The predicted octanol–water partition coefficient (Wildman–Crippen LogP) is 2.14. The highest BCUT2D eigenvalue weighted by Crippen LogP contribution is 2.20. The van der Waals surface area contributed by atoms with Crippen LogP contribution < -0.4 is 0 Å². The summed E-state index contributed by atoms with van der Waals surface area (Å²) in [5.74, 6) is -2.68. The zero-order valence-corrected chi connectivity index (χ0v) is 4.27. The van der Waals surface area contributed by atoms with E-state index in [0.717, 1.165) is 12.2 Å². The Morgan fingerprint density at radius 1 is 1.12 bits per heavy atom. The SMILES string of the molecule is FC1(F)C=CCC=C1. The van der Waals surface area contributed by atoms with Crippen LogP contribution in [0.2, 0.25) is 0 Å². The van der Waals surface area contributed by atoms with E-state index < -0.39 is 5.92 Å². The van der Waals surface area contributed by atoms with E-state index in [-0.39, 0.29) is 0 Å². The minimum atomic E-state index is -2.68. The van der Waals surface area contributed by atoms with Crippen LogP contribution in [0, 0.1) is 0 Å². The van der Waals surface area contributed by atoms with Crippen molar-refractivity contribution in [3.63, 3.8) is 0 Å². The first-order valence-electron chi connectivity index (χ1n) is 2.44. The average Bonchev–Trinajstić information content (AvgIpc) is 1.65. The van der Waals surface area contributed by atoms with E-state index in [1.165, 1.54) is 12.2 Å². The number of hydrogen-bond donors (Lipinski definition) is 0. The lowest BCUT2D eigenvalue weighted by Gasteiger charge is -2.07. The quantitative estimate of drug-likeness (QED) is 0.425. The predicted molar refractivity (Wildman–Crippen MR) is 27.8 cm³/mol. The van der Waals surface area contributed by atoms with Gasteiger partial charge in [0.05, 0.1) is 0 Å². The fourth-order valence-electron chi connectivity index (χ4n) is 0.584. The van der Waals surface area contributed by atoms with Crippen LogP contribution in [0.1, 0.15) is 6.42 Å². The van der Waals surface area contributed by atoms with Gasteiger partial charge in [0.15, 0.2) is 0 Å². The normalized spacial score (nSPS) is 23.8. The van der Waals surface area contributed by atoms with Gasteiger partial charge in [-0.25, -0.2) is 0 Å². The molecule has 0 aromatic heterocycles. The van der Waals surface area contributed by atoms with Gasteiger partial charge >= 0.3 is 0 Å². The van der Waals surface area contributed by atoms with E-state index >= 15 is 0 Å². The van der Waals surface area contributed by atoms with Crippen molar-refractivity contribution >= 4 is 0 Å². The molecule has 0 heterocycles. The Morgan fingerprint density at radius 3 is 1.88 bits per heavy atom. The van der Waals surface area contributed by atoms with Crippen molar-refractivity contribution in [3.8, 4) is 0 Å². The highest BCUT2D eigenvalue weighted by atomic mass is 19.3. The molecule has 2 heteroatoms. The highest BCUT2D eigenvalue weighted by molar-refractivity contribution is 5.14.